The molecule has 0 amide bonds. The van der Waals surface area contributed by atoms with Gasteiger partial charge in [-0.3, -0.25) is 9.78 Å². The smallest absolute Gasteiger partial charge is 0.416 e. The summed E-state index contributed by atoms with van der Waals surface area (Å²) >= 11 is 9.14. The maximum absolute atomic E-state index is 12.7. The molecule has 0 saturated heterocycles. The molecule has 0 atom stereocenters. The van der Waals surface area contributed by atoms with Crippen LogP contribution in [0, 0.1) is 6.92 Å². The molecule has 0 radical (unpaired) electrons. The summed E-state index contributed by atoms with van der Waals surface area (Å²) in [6, 6.07) is 5.77. The van der Waals surface area contributed by atoms with Gasteiger partial charge in [-0.05, 0) is 52.7 Å². The molecule has 0 heterocycles. The van der Waals surface area contributed by atoms with Crippen molar-refractivity contribution in [2.45, 2.75) is 20.0 Å². The molecule has 25 heavy (non-hydrogen) atoms. The predicted octanol–water partition coefficient (Wildman–Crippen LogP) is 6.08. The molecule has 9 heteroatoms. The van der Waals surface area contributed by atoms with Crippen molar-refractivity contribution in [2.24, 2.45) is 0 Å². The molecule has 0 unspecified atom stereocenters. The Labute approximate surface area is 154 Å². The first-order chi connectivity index (χ1) is 11.6. The molecule has 0 aliphatic carbocycles. The van der Waals surface area contributed by atoms with E-state index < -0.39 is 17.7 Å². The van der Waals surface area contributed by atoms with Gasteiger partial charge >= 0.3 is 12.1 Å². The molecule has 0 bridgehead atoms. The zero-order chi connectivity index (χ0) is 18.8. The monoisotopic (exact) mass is 438 g/mol. The van der Waals surface area contributed by atoms with Gasteiger partial charge < -0.3 is 4.74 Å². The van der Waals surface area contributed by atoms with Crippen molar-refractivity contribution in [1.29, 1.82) is 0 Å². The second kappa shape index (κ2) is 7.53. The third-order valence-electron chi connectivity index (χ3n) is 2.93. The number of hydrogen-bond acceptors (Lipinski definition) is 4. The Morgan fingerprint density at radius 1 is 1.16 bits per heavy atom. The van der Waals surface area contributed by atoms with E-state index in [1.165, 1.54) is 13.0 Å². The molecule has 2 aromatic rings. The van der Waals surface area contributed by atoms with E-state index in [0.29, 0.717) is 10.0 Å². The summed E-state index contributed by atoms with van der Waals surface area (Å²) in [5.41, 5.74) is -0.196. The lowest BCUT2D eigenvalue weighted by atomic mass is 10.2. The number of benzene rings is 2. The maximum atomic E-state index is 12.7. The highest BCUT2D eigenvalue weighted by molar-refractivity contribution is 9.10. The van der Waals surface area contributed by atoms with E-state index in [0.717, 1.165) is 18.2 Å². The Morgan fingerprint density at radius 2 is 1.84 bits per heavy atom. The van der Waals surface area contributed by atoms with Gasteiger partial charge in [0.2, 0.25) is 0 Å². The molecule has 4 nitrogen and oxygen atoms in total. The maximum Gasteiger partial charge on any atom is 0.416 e. The van der Waals surface area contributed by atoms with E-state index in [-0.39, 0.29) is 22.3 Å². The number of aryl methyl sites for hydroxylation is 1. The fraction of sp³-hybridized carbons (Fsp3) is 0.188. The highest BCUT2D eigenvalue weighted by atomic mass is 79.9. The zero-order valence-electron chi connectivity index (χ0n) is 12.9. The molecule has 0 N–H and O–H groups in total. The molecule has 0 saturated carbocycles. The summed E-state index contributed by atoms with van der Waals surface area (Å²) in [7, 11) is 0. The average molecular weight is 440 g/mol. The van der Waals surface area contributed by atoms with Crippen LogP contribution in [0.15, 0.2) is 34.8 Å². The highest BCUT2D eigenvalue weighted by Gasteiger charge is 2.31. The molecule has 134 valence electrons. The van der Waals surface area contributed by atoms with Crippen LogP contribution >= 0.6 is 27.5 Å². The first-order valence-corrected chi connectivity index (χ1v) is 7.95. The van der Waals surface area contributed by atoms with Crippen LogP contribution in [-0.4, -0.2) is 5.97 Å². The minimum atomic E-state index is -4.50. The summed E-state index contributed by atoms with van der Waals surface area (Å²) in [6.07, 6.45) is -4.50. The number of carbonyl (C=O) groups is 1. The second-order valence-electron chi connectivity index (χ2n) is 4.96. The van der Waals surface area contributed by atoms with Crippen molar-refractivity contribution in [3.63, 3.8) is 0 Å². The van der Waals surface area contributed by atoms with Gasteiger partial charge in [0.1, 0.15) is 11.5 Å². The predicted molar refractivity (Wildman–Crippen MR) is 87.8 cm³/mol. The van der Waals surface area contributed by atoms with Gasteiger partial charge in [-0.2, -0.15) is 13.2 Å². The van der Waals surface area contributed by atoms with E-state index in [9.17, 15) is 18.0 Å². The van der Waals surface area contributed by atoms with Crippen molar-refractivity contribution >= 4 is 33.5 Å². The van der Waals surface area contributed by atoms with Crippen molar-refractivity contribution < 1.29 is 32.5 Å². The van der Waals surface area contributed by atoms with E-state index in [2.05, 4.69) is 20.8 Å². The SMILES string of the molecule is CC(=O)OOc1cc(Oc2ccc(C(F)(F)F)cc2Cl)cc(C)c1Br. The van der Waals surface area contributed by atoms with E-state index in [4.69, 9.17) is 21.2 Å². The van der Waals surface area contributed by atoms with Gasteiger partial charge in [0.25, 0.3) is 0 Å². The number of alkyl halides is 3. The van der Waals surface area contributed by atoms with Crippen LogP contribution in [0.4, 0.5) is 13.2 Å². The molecular formula is C16H11BrClF3O4. The highest BCUT2D eigenvalue weighted by Crippen LogP contribution is 2.39. The Balaban J connectivity index is 2.29. The van der Waals surface area contributed by atoms with Gasteiger partial charge in [-0.1, -0.05) is 11.6 Å². The fourth-order valence-corrected chi connectivity index (χ4v) is 2.33. The third kappa shape index (κ3) is 5.02. The number of carbonyl (C=O) groups excluding carboxylic acids is 1. The van der Waals surface area contributed by atoms with Gasteiger partial charge in [0.05, 0.1) is 15.1 Å². The van der Waals surface area contributed by atoms with Crippen molar-refractivity contribution in [2.75, 3.05) is 0 Å². The van der Waals surface area contributed by atoms with E-state index in [1.807, 2.05) is 0 Å². The first kappa shape index (κ1) is 19.4. The fourth-order valence-electron chi connectivity index (χ4n) is 1.82. The molecule has 0 fully saturated rings. The largest absolute Gasteiger partial charge is 0.456 e. The van der Waals surface area contributed by atoms with Gasteiger partial charge in [0.15, 0.2) is 5.75 Å². The summed E-state index contributed by atoms with van der Waals surface area (Å²) in [4.78, 5) is 20.2. The lowest BCUT2D eigenvalue weighted by Gasteiger charge is -2.13. The third-order valence-corrected chi connectivity index (χ3v) is 4.24. The zero-order valence-corrected chi connectivity index (χ0v) is 15.3. The van der Waals surface area contributed by atoms with Crippen LogP contribution in [0.5, 0.6) is 17.2 Å². The van der Waals surface area contributed by atoms with Crippen molar-refractivity contribution in [3.8, 4) is 17.2 Å². The number of rotatable bonds is 4. The van der Waals surface area contributed by atoms with Crippen LogP contribution in [-0.2, 0) is 15.9 Å². The van der Waals surface area contributed by atoms with Gasteiger partial charge in [0, 0.05) is 13.0 Å². The summed E-state index contributed by atoms with van der Waals surface area (Å²) in [5, 5.41) is -0.196. The lowest BCUT2D eigenvalue weighted by Crippen LogP contribution is -2.05. The van der Waals surface area contributed by atoms with E-state index in [1.54, 1.807) is 13.0 Å². The molecule has 0 aliphatic heterocycles. The van der Waals surface area contributed by atoms with Crippen molar-refractivity contribution in [3.05, 3.63) is 51.0 Å². The molecule has 0 spiro atoms. The molecule has 0 aliphatic rings. The minimum Gasteiger partial charge on any atom is -0.456 e. The Hall–Kier alpha value is -1.93. The minimum absolute atomic E-state index is 0.0369. The van der Waals surface area contributed by atoms with E-state index >= 15 is 0 Å². The normalized spacial score (nSPS) is 11.2. The lowest BCUT2D eigenvalue weighted by molar-refractivity contribution is -0.211. The summed E-state index contributed by atoms with van der Waals surface area (Å²) in [6.45, 7) is 2.90. The second-order valence-corrected chi connectivity index (χ2v) is 6.16. The van der Waals surface area contributed by atoms with Crippen LogP contribution in [0.25, 0.3) is 0 Å². The number of halogens is 5. The quantitative estimate of drug-likeness (QED) is 0.428. The first-order valence-electron chi connectivity index (χ1n) is 6.77. The Morgan fingerprint density at radius 3 is 2.40 bits per heavy atom. The standard InChI is InChI=1S/C16H11BrClF3O4/c1-8-5-11(7-14(15(8)17)25-24-9(2)22)23-13-4-3-10(6-12(13)18)16(19,20)21/h3-7H,1-2H3. The molecular weight excluding hydrogens is 429 g/mol. The number of hydrogen-bond donors (Lipinski definition) is 0. The summed E-state index contributed by atoms with van der Waals surface area (Å²) < 4.78 is 44.0. The Kier molecular flexibility index (Phi) is 5.84. The molecule has 0 aromatic heterocycles. The van der Waals surface area contributed by atoms with Crippen LogP contribution < -0.4 is 9.62 Å². The van der Waals surface area contributed by atoms with Crippen LogP contribution in [0.1, 0.15) is 18.1 Å². The molecule has 2 aromatic carbocycles. The topological polar surface area (TPSA) is 44.8 Å². The summed E-state index contributed by atoms with van der Waals surface area (Å²) in [5.74, 6) is -0.214. The number of ether oxygens (including phenoxy) is 1. The Bertz CT molecular complexity index is 809. The average Bonchev–Trinajstić information content (AvgIpc) is 2.50. The van der Waals surface area contributed by atoms with Crippen LogP contribution in [0.2, 0.25) is 5.02 Å². The van der Waals surface area contributed by atoms with Gasteiger partial charge in [-0.15, -0.1) is 0 Å². The van der Waals surface area contributed by atoms with Crippen LogP contribution in [0.3, 0.4) is 0 Å². The van der Waals surface area contributed by atoms with Crippen molar-refractivity contribution in [1.82, 2.24) is 0 Å². The molecule has 2 rings (SSSR count). The van der Waals surface area contributed by atoms with Gasteiger partial charge in [-0.25, -0.2) is 4.79 Å².